The predicted octanol–water partition coefficient (Wildman–Crippen LogP) is 1.44. The molecule has 1 aliphatic heterocycles. The number of rotatable bonds is 2. The maximum Gasteiger partial charge on any atom is 0.344 e. The molecule has 0 amide bonds. The van der Waals surface area contributed by atoms with Gasteiger partial charge in [-0.15, -0.1) is 23.5 Å². The highest BCUT2D eigenvalue weighted by atomic mass is 32.2. The molecular weight excluding hydrogens is 263 g/mol. The van der Waals surface area contributed by atoms with Gasteiger partial charge in [-0.05, 0) is 13.3 Å². The Morgan fingerprint density at radius 2 is 2.18 bits per heavy atom. The SMILES string of the molecule is CCOC(=O)[C@]1(F)[C@H]2C(O)CC3(SCCS3)[C@H]21. The molecule has 4 atom stereocenters. The first kappa shape index (κ1) is 12.1. The van der Waals surface area contributed by atoms with E-state index in [1.54, 1.807) is 30.4 Å². The van der Waals surface area contributed by atoms with Gasteiger partial charge in [0.1, 0.15) is 0 Å². The Bertz CT molecular complexity index is 359. The van der Waals surface area contributed by atoms with Crippen LogP contribution in [0.3, 0.4) is 0 Å². The van der Waals surface area contributed by atoms with Gasteiger partial charge in [-0.3, -0.25) is 0 Å². The minimum atomic E-state index is -1.93. The number of carbonyl (C=O) groups is 1. The van der Waals surface area contributed by atoms with Crippen LogP contribution in [0.5, 0.6) is 0 Å². The van der Waals surface area contributed by atoms with Crippen molar-refractivity contribution in [2.24, 2.45) is 11.8 Å². The van der Waals surface area contributed by atoms with Crippen LogP contribution in [0, 0.1) is 11.8 Å². The molecule has 0 aromatic heterocycles. The number of fused-ring (bicyclic) bond motifs is 2. The molecule has 3 aliphatic rings. The molecule has 2 saturated carbocycles. The lowest BCUT2D eigenvalue weighted by molar-refractivity contribution is -0.153. The second kappa shape index (κ2) is 3.78. The number of alkyl halides is 1. The van der Waals surface area contributed by atoms with Crippen LogP contribution in [0.4, 0.5) is 4.39 Å². The van der Waals surface area contributed by atoms with E-state index in [-0.39, 0.29) is 16.6 Å². The number of aliphatic hydroxyl groups is 1. The summed E-state index contributed by atoms with van der Waals surface area (Å²) in [6, 6.07) is 0. The lowest BCUT2D eigenvalue weighted by Gasteiger charge is -2.27. The van der Waals surface area contributed by atoms with Crippen LogP contribution in [-0.4, -0.2) is 45.0 Å². The number of halogens is 1. The van der Waals surface area contributed by atoms with Gasteiger partial charge in [-0.25, -0.2) is 9.18 Å². The molecule has 2 aliphatic carbocycles. The zero-order valence-corrected chi connectivity index (χ0v) is 11.2. The highest BCUT2D eigenvalue weighted by Crippen LogP contribution is 2.75. The van der Waals surface area contributed by atoms with Crippen LogP contribution < -0.4 is 0 Å². The molecule has 3 nitrogen and oxygen atoms in total. The fourth-order valence-corrected chi connectivity index (χ4v) is 7.06. The molecule has 1 N–H and O–H groups in total. The summed E-state index contributed by atoms with van der Waals surface area (Å²) in [6.07, 6.45) is -0.101. The van der Waals surface area contributed by atoms with Crippen LogP contribution in [0.2, 0.25) is 0 Å². The fraction of sp³-hybridized carbons (Fsp3) is 0.909. The average Bonchev–Trinajstić information content (AvgIpc) is 2.59. The van der Waals surface area contributed by atoms with Crippen molar-refractivity contribution in [1.29, 1.82) is 0 Å². The van der Waals surface area contributed by atoms with Crippen LogP contribution in [0.1, 0.15) is 13.3 Å². The van der Waals surface area contributed by atoms with Crippen LogP contribution in [0.15, 0.2) is 0 Å². The van der Waals surface area contributed by atoms with Crippen LogP contribution in [-0.2, 0) is 9.53 Å². The Morgan fingerprint density at radius 3 is 2.76 bits per heavy atom. The summed E-state index contributed by atoms with van der Waals surface area (Å²) in [5, 5.41) is 9.94. The zero-order valence-electron chi connectivity index (χ0n) is 9.52. The first-order chi connectivity index (χ1) is 8.06. The second-order valence-electron chi connectivity index (χ2n) is 4.77. The van der Waals surface area contributed by atoms with Gasteiger partial charge in [-0.2, -0.15) is 0 Å². The topological polar surface area (TPSA) is 46.5 Å². The van der Waals surface area contributed by atoms with Crippen molar-refractivity contribution >= 4 is 29.5 Å². The third-order valence-electron chi connectivity index (χ3n) is 3.93. The monoisotopic (exact) mass is 278 g/mol. The smallest absolute Gasteiger partial charge is 0.344 e. The summed E-state index contributed by atoms with van der Waals surface area (Å²) in [5.41, 5.74) is -1.93. The molecular formula is C11H15FO3S2. The molecule has 1 heterocycles. The van der Waals surface area contributed by atoms with Gasteiger partial charge in [0.25, 0.3) is 0 Å². The molecule has 0 radical (unpaired) electrons. The van der Waals surface area contributed by atoms with Crippen molar-refractivity contribution < 1.29 is 19.0 Å². The number of thioether (sulfide) groups is 2. The van der Waals surface area contributed by atoms with Gasteiger partial charge in [-0.1, -0.05) is 0 Å². The molecule has 1 spiro atoms. The number of aliphatic hydroxyl groups excluding tert-OH is 1. The van der Waals surface area contributed by atoms with Crippen molar-refractivity contribution in [3.63, 3.8) is 0 Å². The highest BCUT2D eigenvalue weighted by Gasteiger charge is 2.84. The second-order valence-corrected chi connectivity index (χ2v) is 7.88. The molecule has 96 valence electrons. The first-order valence-electron chi connectivity index (χ1n) is 5.88. The van der Waals surface area contributed by atoms with Gasteiger partial charge >= 0.3 is 5.97 Å². The van der Waals surface area contributed by atoms with Crippen molar-refractivity contribution in [2.45, 2.75) is 29.2 Å². The van der Waals surface area contributed by atoms with E-state index < -0.39 is 23.7 Å². The molecule has 3 fully saturated rings. The number of esters is 1. The summed E-state index contributed by atoms with van der Waals surface area (Å²) in [4.78, 5) is 11.7. The van der Waals surface area contributed by atoms with Crippen molar-refractivity contribution in [2.75, 3.05) is 18.1 Å². The Hall–Kier alpha value is 0.0600. The molecule has 0 aromatic carbocycles. The molecule has 6 heteroatoms. The van der Waals surface area contributed by atoms with E-state index in [2.05, 4.69) is 0 Å². The minimum Gasteiger partial charge on any atom is -0.464 e. The van der Waals surface area contributed by atoms with E-state index in [0.717, 1.165) is 11.5 Å². The third kappa shape index (κ3) is 1.43. The van der Waals surface area contributed by atoms with Gasteiger partial charge in [0.2, 0.25) is 5.67 Å². The lowest BCUT2D eigenvalue weighted by Crippen LogP contribution is -2.36. The average molecular weight is 278 g/mol. The van der Waals surface area contributed by atoms with Gasteiger partial charge in [0.15, 0.2) is 0 Å². The minimum absolute atomic E-state index is 0.188. The quantitative estimate of drug-likeness (QED) is 0.775. The van der Waals surface area contributed by atoms with Crippen molar-refractivity contribution in [1.82, 2.24) is 0 Å². The fourth-order valence-electron chi connectivity index (χ4n) is 3.30. The Kier molecular flexibility index (Phi) is 2.69. The molecule has 3 rings (SSSR count). The normalized spacial score (nSPS) is 45.9. The summed E-state index contributed by atoms with van der Waals surface area (Å²) in [5.74, 6) is 0.265. The van der Waals surface area contributed by atoms with Crippen molar-refractivity contribution in [3.05, 3.63) is 0 Å². The van der Waals surface area contributed by atoms with E-state index in [9.17, 15) is 14.3 Å². The maximum absolute atomic E-state index is 14.7. The highest BCUT2D eigenvalue weighted by molar-refractivity contribution is 8.21. The number of ether oxygens (including phenoxy) is 1. The number of hydrogen-bond donors (Lipinski definition) is 1. The maximum atomic E-state index is 14.7. The van der Waals surface area contributed by atoms with Gasteiger partial charge < -0.3 is 9.84 Å². The standard InChI is InChI=1S/C11H15FO3S2/c1-2-15-9(14)11(12)7-6(13)5-10(8(7)11)16-3-4-17-10/h6-8,13H,2-5H2,1H3/t6?,7-,8-,11-/m0/s1. The van der Waals surface area contributed by atoms with E-state index in [1.165, 1.54) is 0 Å². The summed E-state index contributed by atoms with van der Waals surface area (Å²) < 4.78 is 19.2. The van der Waals surface area contributed by atoms with Crippen LogP contribution in [0.25, 0.3) is 0 Å². The molecule has 0 aromatic rings. The molecule has 17 heavy (non-hydrogen) atoms. The van der Waals surface area contributed by atoms with Crippen LogP contribution >= 0.6 is 23.5 Å². The summed E-state index contributed by atoms with van der Waals surface area (Å²) >= 11 is 3.40. The number of hydrogen-bond acceptors (Lipinski definition) is 5. The largest absolute Gasteiger partial charge is 0.464 e. The lowest BCUT2D eigenvalue weighted by atomic mass is 10.1. The Morgan fingerprint density at radius 1 is 1.53 bits per heavy atom. The molecule has 1 unspecified atom stereocenters. The predicted molar refractivity (Wildman–Crippen MR) is 65.7 cm³/mol. The van der Waals surface area contributed by atoms with Gasteiger partial charge in [0.05, 0.1) is 16.8 Å². The summed E-state index contributed by atoms with van der Waals surface area (Å²) in [6.45, 7) is 1.86. The molecule has 1 saturated heterocycles. The molecule has 0 bridgehead atoms. The van der Waals surface area contributed by atoms with E-state index in [1.807, 2.05) is 0 Å². The first-order valence-corrected chi connectivity index (χ1v) is 7.85. The van der Waals surface area contributed by atoms with Crippen molar-refractivity contribution in [3.8, 4) is 0 Å². The van der Waals surface area contributed by atoms with E-state index in [4.69, 9.17) is 4.74 Å². The van der Waals surface area contributed by atoms with Gasteiger partial charge in [0, 0.05) is 23.3 Å². The third-order valence-corrected chi connectivity index (χ3v) is 7.53. The number of carbonyl (C=O) groups excluding carboxylic acids is 1. The Labute approximate surface area is 108 Å². The Balaban J connectivity index is 1.85. The zero-order chi connectivity index (χ0) is 12.3. The van der Waals surface area contributed by atoms with E-state index in [0.29, 0.717) is 6.42 Å². The summed E-state index contributed by atoms with van der Waals surface area (Å²) in [7, 11) is 0. The van der Waals surface area contributed by atoms with E-state index >= 15 is 0 Å².